The van der Waals surface area contributed by atoms with E-state index in [0.717, 1.165) is 25.9 Å². The van der Waals surface area contributed by atoms with Crippen molar-refractivity contribution in [3.63, 3.8) is 0 Å². The minimum absolute atomic E-state index is 0.0314. The van der Waals surface area contributed by atoms with Crippen molar-refractivity contribution in [2.24, 2.45) is 0 Å². The van der Waals surface area contributed by atoms with E-state index in [4.69, 9.17) is 0 Å². The summed E-state index contributed by atoms with van der Waals surface area (Å²) in [6, 6.07) is 0. The van der Waals surface area contributed by atoms with Gasteiger partial charge in [0.05, 0.1) is 6.10 Å². The van der Waals surface area contributed by atoms with Crippen molar-refractivity contribution in [2.45, 2.75) is 116 Å². The zero-order chi connectivity index (χ0) is 18.0. The molecule has 148 valence electrons. The number of hydrogen-bond acceptors (Lipinski definition) is 2. The largest absolute Gasteiger partial charge is 0.393 e. The molecule has 0 bridgehead atoms. The number of allylic oxidation sites excluding steroid dienone is 2. The van der Waals surface area contributed by atoms with Gasteiger partial charge in [-0.1, -0.05) is 76.9 Å². The van der Waals surface area contributed by atoms with E-state index in [9.17, 15) is 5.11 Å². The predicted molar refractivity (Wildman–Crippen MR) is 111 cm³/mol. The van der Waals surface area contributed by atoms with Gasteiger partial charge in [0.25, 0.3) is 0 Å². The van der Waals surface area contributed by atoms with E-state index in [1.54, 1.807) is 0 Å². The quantitative estimate of drug-likeness (QED) is 0.254. The highest BCUT2D eigenvalue weighted by atomic mass is 16.3. The SMILES string of the molecule is CCCCCCCCC=CCCCCCCCCN1CCC(O)CC1. The zero-order valence-electron chi connectivity index (χ0n) is 17.1. The van der Waals surface area contributed by atoms with Gasteiger partial charge in [0.1, 0.15) is 0 Å². The molecule has 25 heavy (non-hydrogen) atoms. The molecule has 0 aliphatic carbocycles. The number of hydrogen-bond donors (Lipinski definition) is 1. The van der Waals surface area contributed by atoms with E-state index in [-0.39, 0.29) is 6.10 Å². The van der Waals surface area contributed by atoms with E-state index in [1.807, 2.05) is 0 Å². The molecule has 0 radical (unpaired) electrons. The second-order valence-electron chi connectivity index (χ2n) is 8.01. The molecule has 1 fully saturated rings. The predicted octanol–water partition coefficient (Wildman–Crippen LogP) is 6.48. The van der Waals surface area contributed by atoms with Crippen LogP contribution in [0.4, 0.5) is 0 Å². The van der Waals surface area contributed by atoms with Crippen molar-refractivity contribution >= 4 is 0 Å². The molecule has 1 heterocycles. The lowest BCUT2D eigenvalue weighted by Gasteiger charge is -2.29. The Balaban J connectivity index is 1.73. The molecule has 1 saturated heterocycles. The first-order valence-electron chi connectivity index (χ1n) is 11.4. The Morgan fingerprint density at radius 2 is 1.20 bits per heavy atom. The average Bonchev–Trinajstić information content (AvgIpc) is 2.63. The third-order valence-corrected chi connectivity index (χ3v) is 5.54. The standard InChI is InChI=1S/C23H45NO/c1-2-3-4-5-6-7-8-9-10-11-12-13-14-15-16-17-20-24-21-18-23(25)19-22-24/h9-10,23,25H,2-8,11-22H2,1H3. The fourth-order valence-corrected chi connectivity index (χ4v) is 3.73. The van der Waals surface area contributed by atoms with E-state index in [0.29, 0.717) is 0 Å². The molecule has 0 aromatic heterocycles. The monoisotopic (exact) mass is 351 g/mol. The maximum Gasteiger partial charge on any atom is 0.0564 e. The summed E-state index contributed by atoms with van der Waals surface area (Å²) < 4.78 is 0. The van der Waals surface area contributed by atoms with Gasteiger partial charge in [-0.2, -0.15) is 0 Å². The van der Waals surface area contributed by atoms with Crippen LogP contribution in [0.3, 0.4) is 0 Å². The van der Waals surface area contributed by atoms with E-state index < -0.39 is 0 Å². The number of aliphatic hydroxyl groups is 1. The molecule has 2 nitrogen and oxygen atoms in total. The second-order valence-corrected chi connectivity index (χ2v) is 8.01. The first kappa shape index (κ1) is 22.7. The Morgan fingerprint density at radius 1 is 0.720 bits per heavy atom. The number of rotatable bonds is 16. The van der Waals surface area contributed by atoms with Crippen LogP contribution in [0.1, 0.15) is 110 Å². The first-order chi connectivity index (χ1) is 12.3. The molecule has 1 aliphatic rings. The summed E-state index contributed by atoms with van der Waals surface area (Å²) in [6.07, 6.45) is 26.1. The highest BCUT2D eigenvalue weighted by molar-refractivity contribution is 4.81. The van der Waals surface area contributed by atoms with Crippen LogP contribution < -0.4 is 0 Å². The van der Waals surface area contributed by atoms with Gasteiger partial charge in [-0.25, -0.2) is 0 Å². The van der Waals surface area contributed by atoms with E-state index in [2.05, 4.69) is 24.0 Å². The van der Waals surface area contributed by atoms with Crippen molar-refractivity contribution in [3.8, 4) is 0 Å². The van der Waals surface area contributed by atoms with Crippen LogP contribution in [0.5, 0.6) is 0 Å². The third kappa shape index (κ3) is 14.5. The van der Waals surface area contributed by atoms with Crippen LogP contribution in [-0.4, -0.2) is 35.7 Å². The van der Waals surface area contributed by atoms with Crippen molar-refractivity contribution in [1.82, 2.24) is 4.90 Å². The normalized spacial score (nSPS) is 16.9. The summed E-state index contributed by atoms with van der Waals surface area (Å²) in [5.74, 6) is 0. The Labute approximate surface area is 158 Å². The summed E-state index contributed by atoms with van der Waals surface area (Å²) in [7, 11) is 0. The Hall–Kier alpha value is -0.340. The third-order valence-electron chi connectivity index (χ3n) is 5.54. The lowest BCUT2D eigenvalue weighted by molar-refractivity contribution is 0.0817. The van der Waals surface area contributed by atoms with Crippen LogP contribution >= 0.6 is 0 Å². The van der Waals surface area contributed by atoms with Crippen LogP contribution in [-0.2, 0) is 0 Å². The van der Waals surface area contributed by atoms with Gasteiger partial charge in [0.15, 0.2) is 0 Å². The smallest absolute Gasteiger partial charge is 0.0564 e. The van der Waals surface area contributed by atoms with Gasteiger partial charge in [-0.15, -0.1) is 0 Å². The van der Waals surface area contributed by atoms with Crippen LogP contribution in [0, 0.1) is 0 Å². The van der Waals surface area contributed by atoms with Crippen molar-refractivity contribution in [2.75, 3.05) is 19.6 Å². The average molecular weight is 352 g/mol. The first-order valence-corrected chi connectivity index (χ1v) is 11.4. The topological polar surface area (TPSA) is 23.5 Å². The number of likely N-dealkylation sites (tertiary alicyclic amines) is 1. The molecule has 0 amide bonds. The highest BCUT2D eigenvalue weighted by Crippen LogP contribution is 2.13. The fourth-order valence-electron chi connectivity index (χ4n) is 3.73. The Morgan fingerprint density at radius 3 is 1.76 bits per heavy atom. The molecule has 0 spiro atoms. The lowest BCUT2D eigenvalue weighted by Crippen LogP contribution is -2.36. The summed E-state index contributed by atoms with van der Waals surface area (Å²) in [4.78, 5) is 2.53. The number of unbranched alkanes of at least 4 members (excludes halogenated alkanes) is 12. The van der Waals surface area contributed by atoms with Crippen molar-refractivity contribution in [3.05, 3.63) is 12.2 Å². The zero-order valence-corrected chi connectivity index (χ0v) is 17.1. The van der Waals surface area contributed by atoms with Crippen molar-refractivity contribution in [1.29, 1.82) is 0 Å². The van der Waals surface area contributed by atoms with Crippen LogP contribution in [0.15, 0.2) is 12.2 Å². The van der Waals surface area contributed by atoms with Crippen molar-refractivity contribution < 1.29 is 5.11 Å². The molecule has 2 heteroatoms. The maximum atomic E-state index is 9.51. The van der Waals surface area contributed by atoms with Gasteiger partial charge in [-0.05, 0) is 51.5 Å². The molecule has 0 aromatic rings. The second kappa shape index (κ2) is 17.1. The molecule has 1 aliphatic heterocycles. The van der Waals surface area contributed by atoms with Gasteiger partial charge < -0.3 is 10.0 Å². The molecular weight excluding hydrogens is 306 g/mol. The van der Waals surface area contributed by atoms with Gasteiger partial charge >= 0.3 is 0 Å². The lowest BCUT2D eigenvalue weighted by atomic mass is 10.1. The maximum absolute atomic E-state index is 9.51. The minimum atomic E-state index is -0.0314. The van der Waals surface area contributed by atoms with Gasteiger partial charge in [0, 0.05) is 13.1 Å². The Kier molecular flexibility index (Phi) is 15.5. The fraction of sp³-hybridized carbons (Fsp3) is 0.913. The summed E-state index contributed by atoms with van der Waals surface area (Å²) in [5.41, 5.74) is 0. The number of aliphatic hydroxyl groups excluding tert-OH is 1. The summed E-state index contributed by atoms with van der Waals surface area (Å²) >= 11 is 0. The molecule has 0 aromatic carbocycles. The summed E-state index contributed by atoms with van der Waals surface area (Å²) in [5, 5.41) is 9.51. The van der Waals surface area contributed by atoms with Crippen LogP contribution in [0.2, 0.25) is 0 Å². The molecule has 0 saturated carbocycles. The number of piperidine rings is 1. The van der Waals surface area contributed by atoms with Crippen LogP contribution in [0.25, 0.3) is 0 Å². The van der Waals surface area contributed by atoms with Gasteiger partial charge in [0.2, 0.25) is 0 Å². The molecule has 1 rings (SSSR count). The molecular formula is C23H45NO. The highest BCUT2D eigenvalue weighted by Gasteiger charge is 2.15. The molecule has 1 N–H and O–H groups in total. The van der Waals surface area contributed by atoms with E-state index in [1.165, 1.54) is 96.4 Å². The summed E-state index contributed by atoms with van der Waals surface area (Å²) in [6.45, 7) is 5.73. The van der Waals surface area contributed by atoms with E-state index >= 15 is 0 Å². The minimum Gasteiger partial charge on any atom is -0.393 e. The molecule has 0 atom stereocenters. The Bertz CT molecular complexity index is 294. The number of nitrogens with zero attached hydrogens (tertiary/aromatic N) is 1. The van der Waals surface area contributed by atoms with Gasteiger partial charge in [-0.3, -0.25) is 0 Å². The molecule has 0 unspecified atom stereocenters.